The first-order valence-corrected chi connectivity index (χ1v) is 13.2. The van der Waals surface area contributed by atoms with Gasteiger partial charge in [0.1, 0.15) is 18.8 Å². The van der Waals surface area contributed by atoms with Crippen molar-refractivity contribution in [3.8, 4) is 17.2 Å². The number of aromatic nitrogens is 2. The Morgan fingerprint density at radius 3 is 1.70 bits per heavy atom. The molecule has 0 saturated carbocycles. The van der Waals surface area contributed by atoms with Crippen LogP contribution in [0.2, 0.25) is 0 Å². The summed E-state index contributed by atoms with van der Waals surface area (Å²) in [6.45, 7) is 22.2. The molecular weight excluding hydrogens is 470 g/mol. The number of nitrogens with zero attached hydrogens (tertiary/aromatic N) is 5. The van der Waals surface area contributed by atoms with Crippen molar-refractivity contribution >= 4 is 17.8 Å². The van der Waals surface area contributed by atoms with E-state index in [1.165, 1.54) is 4.90 Å². The minimum absolute atomic E-state index is 0.0638. The first-order chi connectivity index (χ1) is 17.2. The average Bonchev–Trinajstić information content (AvgIpc) is 3.29. The summed E-state index contributed by atoms with van der Waals surface area (Å²) in [5.74, 6) is -0.0465. The summed E-state index contributed by atoms with van der Waals surface area (Å²) in [6.07, 6.45) is 0. The van der Waals surface area contributed by atoms with Crippen LogP contribution in [0.3, 0.4) is 0 Å². The molecule has 0 unspecified atom stereocenters. The van der Waals surface area contributed by atoms with Gasteiger partial charge in [0.2, 0.25) is 11.8 Å². The largest absolute Gasteiger partial charge is 0.507 e. The van der Waals surface area contributed by atoms with Gasteiger partial charge in [0, 0.05) is 31.7 Å². The fourth-order valence-electron chi connectivity index (χ4n) is 4.12. The number of phenols is 1. The maximum absolute atomic E-state index is 12.9. The first-order valence-electron chi connectivity index (χ1n) is 13.2. The third-order valence-corrected chi connectivity index (χ3v) is 6.58. The summed E-state index contributed by atoms with van der Waals surface area (Å²) in [4.78, 5) is 30.8. The second kappa shape index (κ2) is 12.0. The summed E-state index contributed by atoms with van der Waals surface area (Å²) in [7, 11) is 0. The molecule has 9 nitrogen and oxygen atoms in total. The first kappa shape index (κ1) is 30.1. The zero-order chi connectivity index (χ0) is 28.1. The van der Waals surface area contributed by atoms with E-state index in [9.17, 15) is 14.7 Å². The second-order valence-electron chi connectivity index (χ2n) is 11.3. The summed E-state index contributed by atoms with van der Waals surface area (Å²) in [5, 5.41) is 19.7. The summed E-state index contributed by atoms with van der Waals surface area (Å²) >= 11 is 0. The van der Waals surface area contributed by atoms with Crippen molar-refractivity contribution in [3.05, 3.63) is 23.3 Å². The Bertz CT molecular complexity index is 1050. The average molecular weight is 516 g/mol. The Morgan fingerprint density at radius 2 is 1.30 bits per heavy atom. The van der Waals surface area contributed by atoms with Crippen LogP contribution < -0.4 is 4.90 Å². The number of aromatic hydroxyl groups is 1. The van der Waals surface area contributed by atoms with E-state index in [2.05, 4.69) is 31.0 Å². The summed E-state index contributed by atoms with van der Waals surface area (Å²) < 4.78 is 6.05. The van der Waals surface area contributed by atoms with Gasteiger partial charge in [0.25, 0.3) is 5.89 Å². The molecule has 0 aliphatic rings. The number of benzene rings is 1. The molecule has 206 valence electrons. The van der Waals surface area contributed by atoms with Gasteiger partial charge in [-0.05, 0) is 50.2 Å². The molecule has 1 aromatic heterocycles. The minimum Gasteiger partial charge on any atom is -0.507 e. The highest BCUT2D eigenvalue weighted by Crippen LogP contribution is 2.42. The molecule has 0 radical (unpaired) electrons. The minimum atomic E-state index is -0.318. The van der Waals surface area contributed by atoms with Gasteiger partial charge in [-0.2, -0.15) is 0 Å². The zero-order valence-corrected chi connectivity index (χ0v) is 24.3. The van der Waals surface area contributed by atoms with Crippen molar-refractivity contribution < 1.29 is 19.1 Å². The molecular formula is C28H45N5O4. The number of carbonyl (C=O) groups is 2. The van der Waals surface area contributed by atoms with E-state index < -0.39 is 0 Å². The monoisotopic (exact) mass is 515 g/mol. The molecule has 0 saturated heterocycles. The van der Waals surface area contributed by atoms with E-state index in [0.717, 1.165) is 11.1 Å². The third kappa shape index (κ3) is 7.23. The summed E-state index contributed by atoms with van der Waals surface area (Å²) in [5.41, 5.74) is 1.74. The lowest BCUT2D eigenvalue weighted by Crippen LogP contribution is -2.45. The molecule has 1 N–H and O–H groups in total. The Morgan fingerprint density at radius 1 is 0.811 bits per heavy atom. The van der Waals surface area contributed by atoms with E-state index in [1.807, 2.05) is 60.6 Å². The molecule has 2 amide bonds. The molecule has 1 heterocycles. The number of phenolic OH excluding ortho intramolecular Hbond substituents is 1. The SMILES string of the molecule is CCN(CC)C(=O)CN(CC(=O)N(CC)CC)c1nnc(-c2cc(C(C)(C)C)cc(C(C)(C)C)c2O)o1. The Hall–Kier alpha value is -3.10. The van der Waals surface area contributed by atoms with Crippen molar-refractivity contribution in [2.45, 2.75) is 80.1 Å². The molecule has 0 fully saturated rings. The van der Waals surface area contributed by atoms with Crippen LogP contribution in [0.1, 0.15) is 80.4 Å². The van der Waals surface area contributed by atoms with Crippen LogP contribution in [-0.2, 0) is 20.4 Å². The van der Waals surface area contributed by atoms with E-state index in [4.69, 9.17) is 4.42 Å². The van der Waals surface area contributed by atoms with Crippen molar-refractivity contribution in [1.82, 2.24) is 20.0 Å². The van der Waals surface area contributed by atoms with Crippen molar-refractivity contribution in [2.75, 3.05) is 44.2 Å². The number of likely N-dealkylation sites (N-methyl/N-ethyl adjacent to an activating group) is 2. The lowest BCUT2D eigenvalue weighted by atomic mass is 9.79. The number of anilines is 1. The number of carbonyl (C=O) groups excluding carboxylic acids is 2. The lowest BCUT2D eigenvalue weighted by Gasteiger charge is -2.27. The topological polar surface area (TPSA) is 103 Å². The quantitative estimate of drug-likeness (QED) is 0.494. The lowest BCUT2D eigenvalue weighted by molar-refractivity contribution is -0.130. The van der Waals surface area contributed by atoms with Crippen molar-refractivity contribution in [1.29, 1.82) is 0 Å². The fraction of sp³-hybridized carbons (Fsp3) is 0.643. The van der Waals surface area contributed by atoms with E-state index >= 15 is 0 Å². The van der Waals surface area contributed by atoms with Gasteiger partial charge in [0.05, 0.1) is 5.56 Å². The van der Waals surface area contributed by atoms with Gasteiger partial charge in [-0.15, -0.1) is 5.10 Å². The molecule has 37 heavy (non-hydrogen) atoms. The van der Waals surface area contributed by atoms with Gasteiger partial charge >= 0.3 is 6.01 Å². The third-order valence-electron chi connectivity index (χ3n) is 6.58. The van der Waals surface area contributed by atoms with Gasteiger partial charge in [-0.3, -0.25) is 9.59 Å². The molecule has 2 rings (SSSR count). The molecule has 0 atom stereocenters. The summed E-state index contributed by atoms with van der Waals surface area (Å²) in [6, 6.07) is 3.95. The van der Waals surface area contributed by atoms with Crippen LogP contribution in [0.4, 0.5) is 6.01 Å². The van der Waals surface area contributed by atoms with Gasteiger partial charge in [-0.25, -0.2) is 0 Å². The van der Waals surface area contributed by atoms with E-state index in [-0.39, 0.29) is 53.4 Å². The molecule has 0 spiro atoms. The molecule has 0 aliphatic carbocycles. The maximum Gasteiger partial charge on any atom is 0.319 e. The van der Waals surface area contributed by atoms with Gasteiger partial charge in [-0.1, -0.05) is 52.7 Å². The number of rotatable bonds is 10. The van der Waals surface area contributed by atoms with Crippen LogP contribution in [0.5, 0.6) is 5.75 Å². The highest BCUT2D eigenvalue weighted by atomic mass is 16.4. The van der Waals surface area contributed by atoms with Crippen molar-refractivity contribution in [3.63, 3.8) is 0 Å². The normalized spacial score (nSPS) is 11.9. The molecule has 2 aromatic rings. The van der Waals surface area contributed by atoms with Crippen LogP contribution in [-0.4, -0.2) is 76.2 Å². The van der Waals surface area contributed by atoms with Crippen LogP contribution in [0.25, 0.3) is 11.5 Å². The predicted molar refractivity (Wildman–Crippen MR) is 147 cm³/mol. The number of hydrogen-bond acceptors (Lipinski definition) is 7. The highest BCUT2D eigenvalue weighted by molar-refractivity contribution is 5.85. The van der Waals surface area contributed by atoms with Crippen LogP contribution >= 0.6 is 0 Å². The van der Waals surface area contributed by atoms with Gasteiger partial charge < -0.3 is 24.2 Å². The number of amides is 2. The standard InChI is InChI=1S/C28H45N5O4/c1-11-31(12-2)22(34)17-33(18-23(35)32(13-3)14-4)26-30-29-25(37-26)20-15-19(27(5,6)7)16-21(24(20)36)28(8,9)10/h15-16,36H,11-14,17-18H2,1-10H3. The Kier molecular flexibility index (Phi) is 9.74. The molecule has 1 aromatic carbocycles. The fourth-order valence-corrected chi connectivity index (χ4v) is 4.12. The molecule has 0 bridgehead atoms. The Labute approximate surface area is 221 Å². The van der Waals surface area contributed by atoms with Crippen LogP contribution in [0, 0.1) is 0 Å². The predicted octanol–water partition coefficient (Wildman–Crippen LogP) is 4.58. The zero-order valence-electron chi connectivity index (χ0n) is 24.3. The molecule has 0 aliphatic heterocycles. The smallest absolute Gasteiger partial charge is 0.319 e. The van der Waals surface area contributed by atoms with E-state index in [1.54, 1.807) is 9.80 Å². The van der Waals surface area contributed by atoms with Gasteiger partial charge in [0.15, 0.2) is 0 Å². The van der Waals surface area contributed by atoms with Crippen molar-refractivity contribution in [2.24, 2.45) is 0 Å². The second-order valence-corrected chi connectivity index (χ2v) is 11.3. The van der Waals surface area contributed by atoms with E-state index in [0.29, 0.717) is 31.7 Å². The number of hydrogen-bond donors (Lipinski definition) is 1. The molecule has 9 heteroatoms. The van der Waals surface area contributed by atoms with Crippen LogP contribution in [0.15, 0.2) is 16.5 Å². The highest BCUT2D eigenvalue weighted by Gasteiger charge is 2.29. The maximum atomic E-state index is 12.9. The Balaban J connectivity index is 2.57.